The van der Waals surface area contributed by atoms with E-state index in [1.165, 1.54) is 5.56 Å². The predicted molar refractivity (Wildman–Crippen MR) is 65.2 cm³/mol. The van der Waals surface area contributed by atoms with Crippen LogP contribution in [-0.4, -0.2) is 14.2 Å². The standard InChI is InChI=1S/C13H16OSi/c1-15(2,3)10-9-12-13(14-12)11-7-5-4-6-8-11/h4-8,12-13H,1-3H3/t12-,13-/m1/s1. The average molecular weight is 216 g/mol. The summed E-state index contributed by atoms with van der Waals surface area (Å²) >= 11 is 0. The molecule has 2 atom stereocenters. The molecule has 1 nitrogen and oxygen atoms in total. The van der Waals surface area contributed by atoms with Gasteiger partial charge in [0, 0.05) is 0 Å². The molecule has 78 valence electrons. The molecule has 1 aromatic carbocycles. The Hall–Kier alpha value is -1.04. The maximum Gasteiger partial charge on any atom is 0.148 e. The van der Waals surface area contributed by atoms with Crippen LogP contribution < -0.4 is 0 Å². The topological polar surface area (TPSA) is 12.5 Å². The van der Waals surface area contributed by atoms with Crippen molar-refractivity contribution in [1.82, 2.24) is 0 Å². The van der Waals surface area contributed by atoms with Crippen LogP contribution in [0, 0.1) is 11.5 Å². The second-order valence-corrected chi connectivity index (χ2v) is 9.66. The Balaban J connectivity index is 2.00. The van der Waals surface area contributed by atoms with Crippen LogP contribution in [0.1, 0.15) is 11.7 Å². The van der Waals surface area contributed by atoms with Gasteiger partial charge in [-0.2, -0.15) is 0 Å². The van der Waals surface area contributed by atoms with Gasteiger partial charge in [0.1, 0.15) is 20.3 Å². The lowest BCUT2D eigenvalue weighted by atomic mass is 10.1. The number of ether oxygens (including phenoxy) is 1. The third-order valence-corrected chi connectivity index (χ3v) is 3.10. The van der Waals surface area contributed by atoms with E-state index in [0.717, 1.165) is 0 Å². The molecule has 0 bridgehead atoms. The van der Waals surface area contributed by atoms with E-state index in [2.05, 4.69) is 43.2 Å². The zero-order valence-corrected chi connectivity index (χ0v) is 10.4. The number of rotatable bonds is 1. The molecule has 0 aliphatic carbocycles. The second-order valence-electron chi connectivity index (χ2n) is 4.91. The Labute approximate surface area is 92.5 Å². The van der Waals surface area contributed by atoms with E-state index < -0.39 is 8.07 Å². The summed E-state index contributed by atoms with van der Waals surface area (Å²) in [4.78, 5) is 0. The zero-order valence-electron chi connectivity index (χ0n) is 9.45. The summed E-state index contributed by atoms with van der Waals surface area (Å²) in [5, 5.41) is 0. The van der Waals surface area contributed by atoms with Crippen molar-refractivity contribution in [2.75, 3.05) is 0 Å². The number of hydrogen-bond acceptors (Lipinski definition) is 1. The fourth-order valence-electron chi connectivity index (χ4n) is 1.41. The lowest BCUT2D eigenvalue weighted by Crippen LogP contribution is -2.16. The van der Waals surface area contributed by atoms with Crippen molar-refractivity contribution in [3.63, 3.8) is 0 Å². The van der Waals surface area contributed by atoms with Gasteiger partial charge in [0.05, 0.1) is 0 Å². The van der Waals surface area contributed by atoms with Crippen molar-refractivity contribution in [1.29, 1.82) is 0 Å². The molecule has 2 heteroatoms. The molecule has 0 N–H and O–H groups in total. The zero-order chi connectivity index (χ0) is 10.9. The first-order valence-electron chi connectivity index (χ1n) is 5.29. The van der Waals surface area contributed by atoms with Gasteiger partial charge in [-0.1, -0.05) is 55.9 Å². The summed E-state index contributed by atoms with van der Waals surface area (Å²) in [6.07, 6.45) is 0.356. The minimum absolute atomic E-state index is 0.138. The van der Waals surface area contributed by atoms with Crippen LogP contribution in [-0.2, 0) is 4.74 Å². The Morgan fingerprint density at radius 2 is 1.80 bits per heavy atom. The minimum Gasteiger partial charge on any atom is -0.351 e. The minimum atomic E-state index is -1.25. The molecule has 0 amide bonds. The van der Waals surface area contributed by atoms with Crippen molar-refractivity contribution < 1.29 is 4.74 Å². The fraction of sp³-hybridized carbons (Fsp3) is 0.385. The van der Waals surface area contributed by atoms with Crippen LogP contribution in [0.5, 0.6) is 0 Å². The quantitative estimate of drug-likeness (QED) is 0.399. The maximum absolute atomic E-state index is 5.55. The molecule has 1 aliphatic heterocycles. The first kappa shape index (κ1) is 10.5. The lowest BCUT2D eigenvalue weighted by molar-refractivity contribution is 0.397. The summed E-state index contributed by atoms with van der Waals surface area (Å²) in [6.45, 7) is 6.75. The molecule has 1 aromatic rings. The van der Waals surface area contributed by atoms with Crippen LogP contribution in [0.2, 0.25) is 19.6 Å². The fourth-order valence-corrected chi connectivity index (χ4v) is 1.98. The first-order chi connectivity index (χ1) is 7.06. The Kier molecular flexibility index (Phi) is 2.68. The van der Waals surface area contributed by atoms with Gasteiger partial charge in [-0.3, -0.25) is 0 Å². The Bertz CT molecular complexity index is 394. The molecule has 15 heavy (non-hydrogen) atoms. The van der Waals surface area contributed by atoms with E-state index in [-0.39, 0.29) is 12.2 Å². The van der Waals surface area contributed by atoms with Crippen molar-refractivity contribution in [3.05, 3.63) is 35.9 Å². The third kappa shape index (κ3) is 2.95. The summed E-state index contributed by atoms with van der Waals surface area (Å²) < 4.78 is 5.55. The molecule has 1 fully saturated rings. The molecule has 0 saturated carbocycles. The third-order valence-electron chi connectivity index (χ3n) is 2.21. The Morgan fingerprint density at radius 1 is 1.13 bits per heavy atom. The average Bonchev–Trinajstić information content (AvgIpc) is 2.94. The smallest absolute Gasteiger partial charge is 0.148 e. The first-order valence-corrected chi connectivity index (χ1v) is 8.79. The van der Waals surface area contributed by atoms with Crippen molar-refractivity contribution in [2.45, 2.75) is 31.8 Å². The number of hydrogen-bond donors (Lipinski definition) is 0. The summed E-state index contributed by atoms with van der Waals surface area (Å²) in [5.41, 5.74) is 4.59. The van der Waals surface area contributed by atoms with Gasteiger partial charge in [0.25, 0.3) is 0 Å². The second kappa shape index (κ2) is 3.84. The highest BCUT2D eigenvalue weighted by molar-refractivity contribution is 6.83. The van der Waals surface area contributed by atoms with E-state index in [4.69, 9.17) is 4.74 Å². The molecule has 0 unspecified atom stereocenters. The van der Waals surface area contributed by atoms with Crippen molar-refractivity contribution in [3.8, 4) is 11.5 Å². The SMILES string of the molecule is C[Si](C)(C)C#C[C@H]1O[C@@H]1c1ccccc1. The van der Waals surface area contributed by atoms with Crippen molar-refractivity contribution >= 4 is 8.07 Å². The van der Waals surface area contributed by atoms with Crippen LogP contribution in [0.25, 0.3) is 0 Å². The van der Waals surface area contributed by atoms with E-state index in [1.54, 1.807) is 0 Å². The largest absolute Gasteiger partial charge is 0.351 e. The van der Waals surface area contributed by atoms with E-state index in [9.17, 15) is 0 Å². The number of epoxide rings is 1. The number of benzene rings is 1. The highest BCUT2D eigenvalue weighted by Crippen LogP contribution is 2.37. The molecule has 1 aliphatic rings. The normalized spacial score (nSPS) is 24.2. The molecule has 1 heterocycles. The van der Waals surface area contributed by atoms with E-state index >= 15 is 0 Å². The molecule has 0 radical (unpaired) electrons. The predicted octanol–water partition coefficient (Wildman–Crippen LogP) is 3.01. The van der Waals surface area contributed by atoms with Crippen molar-refractivity contribution in [2.24, 2.45) is 0 Å². The summed E-state index contributed by atoms with van der Waals surface area (Å²) in [5.74, 6) is 3.23. The Morgan fingerprint density at radius 3 is 2.40 bits per heavy atom. The molecule has 2 rings (SSSR count). The molecule has 0 aromatic heterocycles. The van der Waals surface area contributed by atoms with Gasteiger partial charge in [0.2, 0.25) is 0 Å². The van der Waals surface area contributed by atoms with E-state index in [1.807, 2.05) is 18.2 Å². The monoisotopic (exact) mass is 216 g/mol. The van der Waals surface area contributed by atoms with Gasteiger partial charge in [-0.25, -0.2) is 0 Å². The van der Waals surface area contributed by atoms with Crippen LogP contribution in [0.15, 0.2) is 30.3 Å². The van der Waals surface area contributed by atoms with Crippen LogP contribution >= 0.6 is 0 Å². The molecular formula is C13H16OSi. The van der Waals surface area contributed by atoms with Crippen LogP contribution in [0.3, 0.4) is 0 Å². The van der Waals surface area contributed by atoms with Crippen LogP contribution in [0.4, 0.5) is 0 Å². The molecule has 1 saturated heterocycles. The lowest BCUT2D eigenvalue weighted by Gasteiger charge is -2.02. The molecular weight excluding hydrogens is 200 g/mol. The van der Waals surface area contributed by atoms with Gasteiger partial charge in [0.15, 0.2) is 0 Å². The van der Waals surface area contributed by atoms with Gasteiger partial charge < -0.3 is 4.74 Å². The molecule has 0 spiro atoms. The van der Waals surface area contributed by atoms with E-state index in [0.29, 0.717) is 0 Å². The highest BCUT2D eigenvalue weighted by Gasteiger charge is 2.38. The van der Waals surface area contributed by atoms with Gasteiger partial charge in [-0.05, 0) is 5.56 Å². The van der Waals surface area contributed by atoms with Gasteiger partial charge >= 0.3 is 0 Å². The summed E-state index contributed by atoms with van der Waals surface area (Å²) in [6, 6.07) is 10.3. The summed E-state index contributed by atoms with van der Waals surface area (Å²) in [7, 11) is -1.25. The maximum atomic E-state index is 5.55. The highest BCUT2D eigenvalue weighted by atomic mass is 28.3. The van der Waals surface area contributed by atoms with Gasteiger partial charge in [-0.15, -0.1) is 5.54 Å².